The Labute approximate surface area is 156 Å². The minimum atomic E-state index is -0.293. The number of piperidine rings is 1. The summed E-state index contributed by atoms with van der Waals surface area (Å²) in [5.74, 6) is 0.707. The monoisotopic (exact) mass is 357 g/mol. The number of anilines is 1. The molecule has 1 aromatic carbocycles. The van der Waals surface area contributed by atoms with E-state index in [0.29, 0.717) is 5.92 Å². The van der Waals surface area contributed by atoms with Gasteiger partial charge in [0.25, 0.3) is 0 Å². The molecule has 1 saturated heterocycles. The molecule has 1 aliphatic heterocycles. The van der Waals surface area contributed by atoms with E-state index in [9.17, 15) is 9.59 Å². The normalized spacial score (nSPS) is 19.2. The zero-order valence-electron chi connectivity index (χ0n) is 16.4. The standard InChI is InChI=1S/C21H31N3O2/c1-21(2,16-7-8-16)19(25)15-5-9-17(10-6-15)22-20(26)24(4)18-11-13-23(3)14-12-18/h5-6,9-10,16,18H,7-8,11-14H2,1-4H3,(H,22,26). The van der Waals surface area contributed by atoms with E-state index in [1.807, 2.05) is 50.1 Å². The molecule has 0 aromatic heterocycles. The summed E-state index contributed by atoms with van der Waals surface area (Å²) in [6, 6.07) is 7.52. The Hall–Kier alpha value is -1.88. The van der Waals surface area contributed by atoms with Gasteiger partial charge in [-0.05, 0) is 76.0 Å². The number of rotatable bonds is 5. The van der Waals surface area contributed by atoms with Crippen molar-refractivity contribution in [1.29, 1.82) is 0 Å². The van der Waals surface area contributed by atoms with Gasteiger partial charge in [-0.15, -0.1) is 0 Å². The molecule has 2 amide bonds. The molecular formula is C21H31N3O2. The second kappa shape index (κ2) is 7.39. The Morgan fingerprint density at radius 1 is 1.08 bits per heavy atom. The van der Waals surface area contributed by atoms with Crippen LogP contribution in [-0.4, -0.2) is 54.8 Å². The Kier molecular flexibility index (Phi) is 5.37. The third-order valence-electron chi connectivity index (χ3n) is 6.14. The van der Waals surface area contributed by atoms with Crippen LogP contribution in [0.5, 0.6) is 0 Å². The first kappa shape index (κ1) is 18.9. The molecule has 5 heteroatoms. The molecule has 2 aliphatic rings. The first-order chi connectivity index (χ1) is 12.3. The van der Waals surface area contributed by atoms with Gasteiger partial charge in [-0.3, -0.25) is 4.79 Å². The van der Waals surface area contributed by atoms with Crippen LogP contribution in [0.4, 0.5) is 10.5 Å². The molecule has 1 aromatic rings. The number of likely N-dealkylation sites (tertiary alicyclic amines) is 1. The average molecular weight is 357 g/mol. The summed E-state index contributed by atoms with van der Waals surface area (Å²) >= 11 is 0. The maximum Gasteiger partial charge on any atom is 0.321 e. The van der Waals surface area contributed by atoms with E-state index < -0.39 is 0 Å². The van der Waals surface area contributed by atoms with Gasteiger partial charge in [0.15, 0.2) is 5.78 Å². The highest BCUT2D eigenvalue weighted by Crippen LogP contribution is 2.46. The fourth-order valence-corrected chi connectivity index (χ4v) is 3.83. The molecule has 0 spiro atoms. The van der Waals surface area contributed by atoms with Crippen LogP contribution in [0.3, 0.4) is 0 Å². The fraction of sp³-hybridized carbons (Fsp3) is 0.619. The second-order valence-corrected chi connectivity index (χ2v) is 8.48. The van der Waals surface area contributed by atoms with Crippen molar-refractivity contribution >= 4 is 17.5 Å². The Balaban J connectivity index is 1.58. The zero-order valence-corrected chi connectivity index (χ0v) is 16.4. The highest BCUT2D eigenvalue weighted by Gasteiger charge is 2.43. The van der Waals surface area contributed by atoms with Gasteiger partial charge < -0.3 is 15.1 Å². The van der Waals surface area contributed by atoms with Gasteiger partial charge in [0.2, 0.25) is 0 Å². The van der Waals surface area contributed by atoms with Crippen molar-refractivity contribution in [3.8, 4) is 0 Å². The van der Waals surface area contributed by atoms with Crippen LogP contribution >= 0.6 is 0 Å². The number of hydrogen-bond acceptors (Lipinski definition) is 3. The van der Waals surface area contributed by atoms with Crippen LogP contribution < -0.4 is 5.32 Å². The van der Waals surface area contributed by atoms with Crippen LogP contribution in [0, 0.1) is 11.3 Å². The van der Waals surface area contributed by atoms with Crippen molar-refractivity contribution in [2.45, 2.75) is 45.6 Å². The number of carbonyl (C=O) groups excluding carboxylic acids is 2. The van der Waals surface area contributed by atoms with Gasteiger partial charge in [-0.1, -0.05) is 13.8 Å². The fourth-order valence-electron chi connectivity index (χ4n) is 3.83. The highest BCUT2D eigenvalue weighted by molar-refractivity contribution is 6.01. The van der Waals surface area contributed by atoms with Gasteiger partial charge in [-0.25, -0.2) is 4.79 Å². The molecule has 142 valence electrons. The zero-order chi connectivity index (χ0) is 18.9. The number of urea groups is 1. The van der Waals surface area contributed by atoms with Crippen molar-refractivity contribution in [2.24, 2.45) is 11.3 Å². The van der Waals surface area contributed by atoms with Crippen molar-refractivity contribution in [3.05, 3.63) is 29.8 Å². The van der Waals surface area contributed by atoms with Crippen LogP contribution in [0.25, 0.3) is 0 Å². The maximum atomic E-state index is 12.7. The molecule has 1 saturated carbocycles. The number of ketones is 1. The number of benzene rings is 1. The lowest BCUT2D eigenvalue weighted by molar-refractivity contribution is 0.0809. The molecule has 1 aliphatic carbocycles. The first-order valence-corrected chi connectivity index (χ1v) is 9.66. The topological polar surface area (TPSA) is 52.6 Å². The van der Waals surface area contributed by atoms with Crippen molar-refractivity contribution < 1.29 is 9.59 Å². The number of carbonyl (C=O) groups is 2. The summed E-state index contributed by atoms with van der Waals surface area (Å²) in [6.07, 6.45) is 4.31. The molecule has 1 N–H and O–H groups in total. The van der Waals surface area contributed by atoms with Gasteiger partial charge in [0, 0.05) is 29.8 Å². The van der Waals surface area contributed by atoms with E-state index in [-0.39, 0.29) is 23.3 Å². The Bertz CT molecular complexity index is 656. The third kappa shape index (κ3) is 4.09. The lowest BCUT2D eigenvalue weighted by Gasteiger charge is -2.35. The van der Waals surface area contributed by atoms with Crippen molar-refractivity contribution in [2.75, 3.05) is 32.5 Å². The predicted molar refractivity (Wildman–Crippen MR) is 105 cm³/mol. The summed E-state index contributed by atoms with van der Waals surface area (Å²) in [6.45, 7) is 6.13. The molecule has 0 bridgehead atoms. The molecule has 26 heavy (non-hydrogen) atoms. The summed E-state index contributed by atoms with van der Waals surface area (Å²) in [7, 11) is 3.98. The number of nitrogens with zero attached hydrogens (tertiary/aromatic N) is 2. The van der Waals surface area contributed by atoms with Crippen LogP contribution in [0.2, 0.25) is 0 Å². The van der Waals surface area contributed by atoms with E-state index >= 15 is 0 Å². The number of amides is 2. The smallest absolute Gasteiger partial charge is 0.321 e. The molecule has 1 heterocycles. The molecule has 0 unspecified atom stereocenters. The van der Waals surface area contributed by atoms with Gasteiger partial charge in [-0.2, -0.15) is 0 Å². The number of nitrogens with one attached hydrogen (secondary N) is 1. The molecule has 2 fully saturated rings. The van der Waals surface area contributed by atoms with E-state index in [0.717, 1.165) is 50.0 Å². The first-order valence-electron chi connectivity index (χ1n) is 9.66. The predicted octanol–water partition coefficient (Wildman–Crippen LogP) is 3.86. The highest BCUT2D eigenvalue weighted by atomic mass is 16.2. The van der Waals surface area contributed by atoms with Crippen LogP contribution in [-0.2, 0) is 0 Å². The Morgan fingerprint density at radius 2 is 1.65 bits per heavy atom. The lowest BCUT2D eigenvalue weighted by Crippen LogP contribution is -2.46. The summed E-state index contributed by atoms with van der Waals surface area (Å²) in [5, 5.41) is 2.95. The Morgan fingerprint density at radius 3 is 2.19 bits per heavy atom. The van der Waals surface area contributed by atoms with E-state index in [4.69, 9.17) is 0 Å². The molecule has 0 radical (unpaired) electrons. The van der Waals surface area contributed by atoms with Gasteiger partial charge in [0.1, 0.15) is 0 Å². The maximum absolute atomic E-state index is 12.7. The van der Waals surface area contributed by atoms with Crippen molar-refractivity contribution in [1.82, 2.24) is 9.80 Å². The minimum Gasteiger partial charge on any atom is -0.325 e. The van der Waals surface area contributed by atoms with Crippen LogP contribution in [0.15, 0.2) is 24.3 Å². The minimum absolute atomic E-state index is 0.0862. The second-order valence-electron chi connectivity index (χ2n) is 8.48. The summed E-state index contributed by atoms with van der Waals surface area (Å²) in [4.78, 5) is 29.3. The summed E-state index contributed by atoms with van der Waals surface area (Å²) in [5.41, 5.74) is 1.16. The van der Waals surface area contributed by atoms with E-state index in [1.165, 1.54) is 0 Å². The molecule has 3 rings (SSSR count). The van der Waals surface area contributed by atoms with E-state index in [1.54, 1.807) is 0 Å². The molecule has 0 atom stereocenters. The third-order valence-corrected chi connectivity index (χ3v) is 6.14. The lowest BCUT2D eigenvalue weighted by atomic mass is 9.80. The van der Waals surface area contributed by atoms with Crippen molar-refractivity contribution in [3.63, 3.8) is 0 Å². The summed E-state index contributed by atoms with van der Waals surface area (Å²) < 4.78 is 0. The SMILES string of the molecule is CN1CCC(N(C)C(=O)Nc2ccc(C(=O)C(C)(C)C3CC3)cc2)CC1. The van der Waals surface area contributed by atoms with Gasteiger partial charge >= 0.3 is 6.03 Å². The van der Waals surface area contributed by atoms with E-state index in [2.05, 4.69) is 17.3 Å². The quantitative estimate of drug-likeness (QED) is 0.814. The number of hydrogen-bond donors (Lipinski definition) is 1. The largest absolute Gasteiger partial charge is 0.325 e. The average Bonchev–Trinajstić information content (AvgIpc) is 3.47. The van der Waals surface area contributed by atoms with Crippen LogP contribution in [0.1, 0.15) is 49.9 Å². The molecular weight excluding hydrogens is 326 g/mol. The van der Waals surface area contributed by atoms with Gasteiger partial charge in [0.05, 0.1) is 0 Å². The number of Topliss-reactive ketones (excluding diaryl/α,β-unsaturated/α-hetero) is 1. The molecule has 5 nitrogen and oxygen atoms in total.